The first kappa shape index (κ1) is 31.2. The largest absolute Gasteiger partial charge is 0.491 e. The lowest BCUT2D eigenvalue weighted by Crippen LogP contribution is -2.43. The van der Waals surface area contributed by atoms with Crippen LogP contribution in [-0.4, -0.2) is 65.5 Å². The maximum Gasteiger partial charge on any atom is 0.319 e. The SMILES string of the molecule is N#Cc1c(N)sc2c(F)ccc(-c3c(Cl)c4c5c(nc(OCC67CCCN6C[C@H](F)C7)nc5c3F)N3CCCC(C#N)CC3CCO4)c12. The zero-order chi connectivity index (χ0) is 33.3. The van der Waals surface area contributed by atoms with Crippen molar-refractivity contribution in [2.24, 2.45) is 5.92 Å². The minimum Gasteiger partial charge on any atom is -0.491 e. The lowest BCUT2D eigenvalue weighted by atomic mass is 9.95. The van der Waals surface area contributed by atoms with E-state index >= 15 is 8.78 Å². The molecule has 0 spiro atoms. The summed E-state index contributed by atoms with van der Waals surface area (Å²) in [6, 6.07) is 6.84. The van der Waals surface area contributed by atoms with Gasteiger partial charge in [-0.05, 0) is 50.3 Å². The fraction of sp³-hybridized carbons (Fsp3) is 0.471. The number of nitrogen functional groups attached to an aromatic ring is 1. The van der Waals surface area contributed by atoms with Crippen LogP contribution in [0.5, 0.6) is 11.8 Å². The van der Waals surface area contributed by atoms with Crippen LogP contribution in [0.4, 0.5) is 24.0 Å². The highest BCUT2D eigenvalue weighted by Gasteiger charge is 2.49. The molecule has 14 heteroatoms. The molecule has 6 heterocycles. The third-order valence-corrected chi connectivity index (χ3v) is 11.9. The maximum absolute atomic E-state index is 17.2. The Balaban J connectivity index is 1.35. The average Bonchev–Trinajstić information content (AvgIpc) is 3.66. The van der Waals surface area contributed by atoms with Crippen molar-refractivity contribution in [3.63, 3.8) is 0 Å². The molecule has 3 saturated heterocycles. The van der Waals surface area contributed by atoms with Crippen LogP contribution in [0.15, 0.2) is 12.1 Å². The number of nitrogens with zero attached hydrogens (tertiary/aromatic N) is 6. The summed E-state index contributed by atoms with van der Waals surface area (Å²) in [5.41, 5.74) is 5.60. The molecule has 4 atom stereocenters. The lowest BCUT2D eigenvalue weighted by molar-refractivity contribution is 0.107. The number of anilines is 2. The fourth-order valence-corrected chi connectivity index (χ4v) is 9.55. The number of alkyl halides is 1. The van der Waals surface area contributed by atoms with E-state index in [4.69, 9.17) is 31.8 Å². The lowest BCUT2D eigenvalue weighted by Gasteiger charge is -2.35. The normalized spacial score (nSPS) is 25.5. The summed E-state index contributed by atoms with van der Waals surface area (Å²) >= 11 is 7.96. The molecule has 2 aromatic heterocycles. The van der Waals surface area contributed by atoms with Gasteiger partial charge in [-0.15, -0.1) is 11.3 Å². The molecular weight excluding hydrogens is 663 g/mol. The van der Waals surface area contributed by atoms with E-state index in [0.717, 1.165) is 43.6 Å². The molecule has 2 N–H and O–H groups in total. The molecule has 0 radical (unpaired) electrons. The van der Waals surface area contributed by atoms with Gasteiger partial charge in [0.2, 0.25) is 0 Å². The number of ether oxygens (including phenoxy) is 2. The van der Waals surface area contributed by atoms with Crippen LogP contribution in [0.25, 0.3) is 32.1 Å². The Bertz CT molecular complexity index is 2070. The van der Waals surface area contributed by atoms with E-state index in [0.29, 0.717) is 38.2 Å². The van der Waals surface area contributed by atoms with Crippen LogP contribution >= 0.6 is 22.9 Å². The highest BCUT2D eigenvalue weighted by molar-refractivity contribution is 7.23. The monoisotopic (exact) mass is 693 g/mol. The molecule has 8 rings (SSSR count). The van der Waals surface area contributed by atoms with Crippen LogP contribution in [0, 0.1) is 40.2 Å². The minimum absolute atomic E-state index is 0.0265. The number of hydrogen-bond donors (Lipinski definition) is 1. The Morgan fingerprint density at radius 1 is 1.17 bits per heavy atom. The van der Waals surface area contributed by atoms with Gasteiger partial charge >= 0.3 is 6.01 Å². The second-order valence-electron chi connectivity index (χ2n) is 13.2. The number of nitriles is 2. The first-order chi connectivity index (χ1) is 23.2. The van der Waals surface area contributed by atoms with Gasteiger partial charge in [-0.2, -0.15) is 20.5 Å². The molecule has 4 aromatic rings. The Morgan fingerprint density at radius 3 is 2.83 bits per heavy atom. The van der Waals surface area contributed by atoms with E-state index in [1.165, 1.54) is 12.1 Å². The summed E-state index contributed by atoms with van der Waals surface area (Å²) in [5.74, 6) is -1.00. The zero-order valence-corrected chi connectivity index (χ0v) is 27.4. The van der Waals surface area contributed by atoms with Crippen molar-refractivity contribution in [1.82, 2.24) is 14.9 Å². The molecule has 4 aliphatic heterocycles. The second kappa shape index (κ2) is 11.8. The number of fused-ring (bicyclic) bond motifs is 4. The molecule has 0 amide bonds. The van der Waals surface area contributed by atoms with Crippen LogP contribution in [0.2, 0.25) is 5.02 Å². The first-order valence-electron chi connectivity index (χ1n) is 16.2. The standard InChI is InChI=1S/C34H31ClF3N7O2S/c35-26-24(20-4-5-22(37)30-23(20)21(14-40)31(41)48-30)27(38)28-25-29(26)46-10-6-19-11-17(13-39)3-1-9-45(19)32(25)43-33(42-28)47-16-34-7-2-8-44(34)15-18(36)12-34/h4-5,17-19H,1-3,6-12,15-16,41H2/t17?,18-,19?,34?/m1/s1. The van der Waals surface area contributed by atoms with Crippen molar-refractivity contribution in [1.29, 1.82) is 10.5 Å². The number of benzene rings is 2. The quantitative estimate of drug-likeness (QED) is 0.238. The Kier molecular flexibility index (Phi) is 7.70. The molecular formula is C34H31ClF3N7O2S. The van der Waals surface area contributed by atoms with Gasteiger partial charge in [0.25, 0.3) is 0 Å². The molecule has 9 nitrogen and oxygen atoms in total. The van der Waals surface area contributed by atoms with Crippen molar-refractivity contribution in [3.05, 3.63) is 34.4 Å². The van der Waals surface area contributed by atoms with Gasteiger partial charge in [-0.3, -0.25) is 4.90 Å². The van der Waals surface area contributed by atoms with Gasteiger partial charge in [0.05, 0.1) is 38.9 Å². The summed E-state index contributed by atoms with van der Waals surface area (Å²) in [6.07, 6.45) is 3.67. The molecule has 4 aliphatic rings. The fourth-order valence-electron chi connectivity index (χ4n) is 8.27. The van der Waals surface area contributed by atoms with E-state index in [2.05, 4.69) is 20.9 Å². The molecule has 0 aliphatic carbocycles. The number of thiophene rings is 1. The number of rotatable bonds is 4. The van der Waals surface area contributed by atoms with Gasteiger partial charge in [-0.25, -0.2) is 13.2 Å². The van der Waals surface area contributed by atoms with Gasteiger partial charge in [-0.1, -0.05) is 17.7 Å². The summed E-state index contributed by atoms with van der Waals surface area (Å²) < 4.78 is 59.5. The molecule has 248 valence electrons. The molecule has 2 aromatic carbocycles. The van der Waals surface area contributed by atoms with E-state index in [1.54, 1.807) is 0 Å². The van der Waals surface area contributed by atoms with E-state index in [1.807, 2.05) is 6.07 Å². The van der Waals surface area contributed by atoms with Gasteiger partial charge in [0.1, 0.15) is 41.0 Å². The van der Waals surface area contributed by atoms with E-state index < -0.39 is 23.3 Å². The molecule has 0 bridgehead atoms. The van der Waals surface area contributed by atoms with Crippen LogP contribution < -0.4 is 20.1 Å². The first-order valence-corrected chi connectivity index (χ1v) is 17.4. The van der Waals surface area contributed by atoms with Crippen molar-refractivity contribution in [2.75, 3.05) is 43.5 Å². The summed E-state index contributed by atoms with van der Waals surface area (Å²) in [7, 11) is 0. The van der Waals surface area contributed by atoms with E-state index in [9.17, 15) is 14.9 Å². The molecule has 48 heavy (non-hydrogen) atoms. The molecule has 3 unspecified atom stereocenters. The average molecular weight is 694 g/mol. The van der Waals surface area contributed by atoms with Crippen LogP contribution in [0.1, 0.15) is 50.5 Å². The smallest absolute Gasteiger partial charge is 0.319 e. The minimum atomic E-state index is -0.954. The highest BCUT2D eigenvalue weighted by atomic mass is 35.5. The van der Waals surface area contributed by atoms with Crippen molar-refractivity contribution in [3.8, 4) is 35.0 Å². The van der Waals surface area contributed by atoms with Gasteiger partial charge in [0.15, 0.2) is 11.6 Å². The van der Waals surface area contributed by atoms with Crippen molar-refractivity contribution >= 4 is 54.7 Å². The Hall–Kier alpha value is -4.04. The number of hydrogen-bond acceptors (Lipinski definition) is 10. The topological polar surface area (TPSA) is 124 Å². The zero-order valence-electron chi connectivity index (χ0n) is 25.9. The summed E-state index contributed by atoms with van der Waals surface area (Å²) in [4.78, 5) is 13.7. The summed E-state index contributed by atoms with van der Waals surface area (Å²) in [5, 5.41) is 20.2. The molecule has 0 saturated carbocycles. The summed E-state index contributed by atoms with van der Waals surface area (Å²) in [6.45, 7) is 2.07. The number of halogens is 4. The third kappa shape index (κ3) is 4.81. The van der Waals surface area contributed by atoms with Crippen molar-refractivity contribution < 1.29 is 22.6 Å². The third-order valence-electron chi connectivity index (χ3n) is 10.5. The van der Waals surface area contributed by atoms with Crippen LogP contribution in [-0.2, 0) is 0 Å². The Morgan fingerprint density at radius 2 is 2.02 bits per heavy atom. The van der Waals surface area contributed by atoms with Crippen molar-refractivity contribution in [2.45, 2.75) is 62.7 Å². The van der Waals surface area contributed by atoms with E-state index in [-0.39, 0.29) is 84.6 Å². The predicted octanol–water partition coefficient (Wildman–Crippen LogP) is 7.13. The van der Waals surface area contributed by atoms with Gasteiger partial charge < -0.3 is 20.1 Å². The number of aromatic nitrogens is 2. The van der Waals surface area contributed by atoms with Gasteiger partial charge in [0, 0.05) is 48.8 Å². The Labute approximate surface area is 283 Å². The second-order valence-corrected chi connectivity index (χ2v) is 14.6. The van der Waals surface area contributed by atoms with Crippen LogP contribution in [0.3, 0.4) is 0 Å². The number of nitrogens with two attached hydrogens (primary N) is 1. The predicted molar refractivity (Wildman–Crippen MR) is 177 cm³/mol. The highest BCUT2D eigenvalue weighted by Crippen LogP contribution is 2.51. The maximum atomic E-state index is 17.2. The molecule has 3 fully saturated rings.